The van der Waals surface area contributed by atoms with Crippen LogP contribution in [-0.4, -0.2) is 0 Å². The maximum atomic E-state index is 3.52. The summed E-state index contributed by atoms with van der Waals surface area (Å²) in [5.74, 6) is 0. The van der Waals surface area contributed by atoms with E-state index in [-0.39, 0.29) is 0 Å². The van der Waals surface area contributed by atoms with Crippen molar-refractivity contribution in [2.24, 2.45) is 0 Å². The molecule has 0 aliphatic heterocycles. The van der Waals surface area contributed by atoms with Crippen molar-refractivity contribution in [2.45, 2.75) is 5.41 Å². The average molecular weight is 1870 g/mol. The van der Waals surface area contributed by atoms with Crippen LogP contribution in [0.25, 0.3) is 122 Å². The molecule has 0 amide bonds. The van der Waals surface area contributed by atoms with Gasteiger partial charge in [0.1, 0.15) is 0 Å². The zero-order chi connectivity index (χ0) is 88.0. The lowest BCUT2D eigenvalue weighted by Gasteiger charge is -2.32. The largest absolute Gasteiger partial charge is 0.311 e. The molecule has 0 unspecified atom stereocenters. The van der Waals surface area contributed by atoms with Crippen molar-refractivity contribution >= 4 is 110 Å². The molecule has 3 nitrogen and oxygen atoms in total. The SMILES string of the molecule is Brc1ccc(-c2ccc(-c3ccc(Br)cc3)cc2)cc1.Brc1ccc(-c2ccc(-c3ccc(N(c4ccccc4)c4ccc(-c5ccccc5)cc4)cc3)cc2)cc1.c1ccc(-c2ccc(N(c3ccccc3)c3ccc(-c4ccc(-c5ccc(N(c6ccccc6)c6ccc7c(c6)C6(c8ccccc8-c8ccccc86)c6ccc8ccccc8c6-7)cc5)cc4)cc3)cc2)cc1. The van der Waals surface area contributed by atoms with E-state index < -0.39 is 5.41 Å². The van der Waals surface area contributed by atoms with Crippen molar-refractivity contribution in [3.05, 3.63) is 557 Å². The van der Waals surface area contributed by atoms with Crippen LogP contribution in [0, 0.1) is 0 Å². The van der Waals surface area contributed by atoms with E-state index in [2.05, 4.69) is 584 Å². The van der Waals surface area contributed by atoms with Crippen LogP contribution in [0.2, 0.25) is 0 Å². The minimum atomic E-state index is -0.462. The zero-order valence-corrected chi connectivity index (χ0v) is 76.4. The molecule has 0 aromatic heterocycles. The van der Waals surface area contributed by atoms with Gasteiger partial charge in [-0.15, -0.1) is 0 Å². The summed E-state index contributed by atoms with van der Waals surface area (Å²) >= 11 is 10.4. The molecule has 21 aromatic carbocycles. The second kappa shape index (κ2) is 37.2. The Morgan fingerprint density at radius 2 is 0.366 bits per heavy atom. The number of halogens is 3. The Kier molecular flexibility index (Phi) is 23.5. The molecule has 622 valence electrons. The van der Waals surface area contributed by atoms with Crippen LogP contribution < -0.4 is 14.7 Å². The number of nitrogens with zero attached hydrogens (tertiary/aromatic N) is 3. The first-order chi connectivity index (χ1) is 64.7. The molecule has 0 N–H and O–H groups in total. The molecular formula is C125H86Br3N3. The fraction of sp³-hybridized carbons (Fsp3) is 0.00800. The lowest BCUT2D eigenvalue weighted by molar-refractivity contribution is 0.794. The fourth-order valence-corrected chi connectivity index (χ4v) is 19.7. The van der Waals surface area contributed by atoms with Gasteiger partial charge < -0.3 is 14.7 Å². The predicted octanol–water partition coefficient (Wildman–Crippen LogP) is 36.6. The van der Waals surface area contributed by atoms with Gasteiger partial charge in [0.25, 0.3) is 0 Å². The molecule has 0 heterocycles. The van der Waals surface area contributed by atoms with Crippen LogP contribution in [0.5, 0.6) is 0 Å². The number of para-hydroxylation sites is 3. The Labute approximate surface area is 791 Å². The van der Waals surface area contributed by atoms with Gasteiger partial charge in [-0.25, -0.2) is 0 Å². The highest BCUT2D eigenvalue weighted by Gasteiger charge is 2.52. The van der Waals surface area contributed by atoms with Gasteiger partial charge in [-0.3, -0.25) is 0 Å². The number of hydrogen-bond donors (Lipinski definition) is 0. The summed E-state index contributed by atoms with van der Waals surface area (Å²) in [6.07, 6.45) is 0. The predicted molar refractivity (Wildman–Crippen MR) is 564 cm³/mol. The van der Waals surface area contributed by atoms with Crippen LogP contribution in [0.15, 0.2) is 535 Å². The zero-order valence-electron chi connectivity index (χ0n) is 71.6. The summed E-state index contributed by atoms with van der Waals surface area (Å²) < 4.78 is 3.30. The van der Waals surface area contributed by atoms with Gasteiger partial charge in [0, 0.05) is 64.6 Å². The van der Waals surface area contributed by atoms with E-state index in [1.54, 1.807) is 0 Å². The molecule has 0 atom stereocenters. The Morgan fingerprint density at radius 3 is 0.672 bits per heavy atom. The minimum Gasteiger partial charge on any atom is -0.311 e. The van der Waals surface area contributed by atoms with Gasteiger partial charge >= 0.3 is 0 Å². The molecule has 0 bridgehead atoms. The lowest BCUT2D eigenvalue weighted by atomic mass is 9.70. The fourth-order valence-electron chi connectivity index (χ4n) is 18.9. The van der Waals surface area contributed by atoms with E-state index >= 15 is 0 Å². The van der Waals surface area contributed by atoms with Crippen molar-refractivity contribution in [1.82, 2.24) is 0 Å². The van der Waals surface area contributed by atoms with Crippen molar-refractivity contribution < 1.29 is 0 Å². The molecule has 0 saturated carbocycles. The summed E-state index contributed by atoms with van der Waals surface area (Å²) in [7, 11) is 0. The van der Waals surface area contributed by atoms with Crippen LogP contribution in [0.3, 0.4) is 0 Å². The first-order valence-corrected chi connectivity index (χ1v) is 46.7. The van der Waals surface area contributed by atoms with E-state index in [9.17, 15) is 0 Å². The second-order valence-corrected chi connectivity index (χ2v) is 35.8. The maximum absolute atomic E-state index is 3.52. The topological polar surface area (TPSA) is 9.72 Å². The smallest absolute Gasteiger partial charge is 0.0726 e. The van der Waals surface area contributed by atoms with Gasteiger partial charge in [-0.2, -0.15) is 0 Å². The Morgan fingerprint density at radius 1 is 0.145 bits per heavy atom. The van der Waals surface area contributed by atoms with Crippen LogP contribution in [0.1, 0.15) is 22.3 Å². The van der Waals surface area contributed by atoms with E-state index in [0.717, 1.165) is 64.6 Å². The Hall–Kier alpha value is -15.3. The molecule has 1 spiro atoms. The molecule has 0 radical (unpaired) electrons. The van der Waals surface area contributed by atoms with Gasteiger partial charge in [0.05, 0.1) is 5.41 Å². The van der Waals surface area contributed by atoms with Crippen molar-refractivity contribution in [2.75, 3.05) is 14.7 Å². The molecule has 23 rings (SSSR count). The molecule has 131 heavy (non-hydrogen) atoms. The number of anilines is 9. The summed E-state index contributed by atoms with van der Waals surface area (Å²) in [6.45, 7) is 0. The quantitative estimate of drug-likeness (QED) is 0.0900. The van der Waals surface area contributed by atoms with Crippen LogP contribution >= 0.6 is 47.8 Å². The van der Waals surface area contributed by atoms with Crippen molar-refractivity contribution in [1.29, 1.82) is 0 Å². The summed E-state index contributed by atoms with van der Waals surface area (Å²) in [6, 6.07) is 188. The van der Waals surface area contributed by atoms with Gasteiger partial charge in [-0.05, 0) is 290 Å². The number of rotatable bonds is 17. The molecule has 6 heteroatoms. The highest BCUT2D eigenvalue weighted by atomic mass is 79.9. The molecular weight excluding hydrogens is 1780 g/mol. The molecule has 2 aliphatic carbocycles. The second-order valence-electron chi connectivity index (χ2n) is 33.0. The third kappa shape index (κ3) is 16.9. The average Bonchev–Trinajstić information content (AvgIpc) is 1.50. The van der Waals surface area contributed by atoms with Crippen molar-refractivity contribution in [3.63, 3.8) is 0 Å². The first-order valence-electron chi connectivity index (χ1n) is 44.3. The molecule has 2 aliphatic rings. The van der Waals surface area contributed by atoms with E-state index in [1.165, 1.54) is 144 Å². The van der Waals surface area contributed by atoms with Gasteiger partial charge in [0.2, 0.25) is 0 Å². The monoisotopic (exact) mass is 1870 g/mol. The number of hydrogen-bond acceptors (Lipinski definition) is 3. The summed E-state index contributed by atoms with van der Waals surface area (Å²) in [5.41, 5.74) is 39.5. The minimum absolute atomic E-state index is 0.462. The normalized spacial score (nSPS) is 11.7. The van der Waals surface area contributed by atoms with Crippen LogP contribution in [0.4, 0.5) is 51.2 Å². The Bertz CT molecular complexity index is 7430. The first kappa shape index (κ1) is 82.7. The number of benzene rings is 21. The van der Waals surface area contributed by atoms with Crippen molar-refractivity contribution in [3.8, 4) is 111 Å². The standard InChI is InChI=1S/C71H48N2.C36H26BrN.C18H12Br2/c1-4-16-49(17-5-1)52-32-39-58(40-33-52)72(56-19-6-2-7-20-56)59-41-34-53(35-42-59)50-28-30-51(31-29-50)54-36-43-60(44-37-54)73(57-21-8-3-9-22-57)61-45-46-65-69(48-61)71(68-47-38-55-18-10-11-23-62(55)70(65)68)66-26-14-12-24-63(66)64-25-13-15-27-67(64)71;37-33-21-15-30(16-22-33)28-11-13-29(14-12-28)32-19-25-36(26-20-32)38(34-9-5-2-6-10-34)35-23-17-31(18-24-35)27-7-3-1-4-8-27;19-17-9-5-15(6-10-17)13-1-2-14(4-3-13)16-7-11-18(20)12-8-16/h1-48H;1-26H;1-12H. The van der Waals surface area contributed by atoms with Gasteiger partial charge in [-0.1, -0.05) is 424 Å². The van der Waals surface area contributed by atoms with Gasteiger partial charge in [0.15, 0.2) is 0 Å². The summed E-state index contributed by atoms with van der Waals surface area (Å²) in [5, 5.41) is 2.55. The molecule has 0 saturated heterocycles. The highest BCUT2D eigenvalue weighted by molar-refractivity contribution is 9.11. The third-order valence-electron chi connectivity index (χ3n) is 25.3. The maximum Gasteiger partial charge on any atom is 0.0726 e. The van der Waals surface area contributed by atoms with E-state index in [4.69, 9.17) is 0 Å². The van der Waals surface area contributed by atoms with E-state index in [0.29, 0.717) is 0 Å². The Balaban J connectivity index is 0.000000147. The summed E-state index contributed by atoms with van der Waals surface area (Å²) in [4.78, 5) is 7.03. The number of fused-ring (bicyclic) bond motifs is 12. The highest BCUT2D eigenvalue weighted by Crippen LogP contribution is 2.65. The lowest BCUT2D eigenvalue weighted by Crippen LogP contribution is -2.26. The van der Waals surface area contributed by atoms with Crippen LogP contribution in [-0.2, 0) is 5.41 Å². The third-order valence-corrected chi connectivity index (χ3v) is 26.9. The van der Waals surface area contributed by atoms with E-state index in [1.807, 2.05) is 0 Å². The molecule has 0 fully saturated rings. The molecule has 21 aromatic rings.